The van der Waals surface area contributed by atoms with Gasteiger partial charge < -0.3 is 15.4 Å². The summed E-state index contributed by atoms with van der Waals surface area (Å²) < 4.78 is 32.2. The molecular weight excluding hydrogens is 382 g/mol. The van der Waals surface area contributed by atoms with Crippen LogP contribution in [0.25, 0.3) is 0 Å². The van der Waals surface area contributed by atoms with Crippen LogP contribution in [0.2, 0.25) is 0 Å². The fraction of sp³-hybridized carbons (Fsp3) is 0.579. The van der Waals surface area contributed by atoms with Gasteiger partial charge in [0.1, 0.15) is 5.75 Å². The number of piperidine rings is 1. The van der Waals surface area contributed by atoms with Crippen molar-refractivity contribution >= 4 is 21.8 Å². The van der Waals surface area contributed by atoms with Crippen LogP contribution in [0.1, 0.15) is 32.1 Å². The van der Waals surface area contributed by atoms with Gasteiger partial charge in [0.15, 0.2) is 0 Å². The molecular formula is C19H27N3O5S. The highest BCUT2D eigenvalue weighted by Gasteiger charge is 2.33. The van der Waals surface area contributed by atoms with Gasteiger partial charge in [-0.25, -0.2) is 8.42 Å². The highest BCUT2D eigenvalue weighted by Crippen LogP contribution is 2.25. The molecule has 1 saturated heterocycles. The van der Waals surface area contributed by atoms with E-state index in [1.54, 1.807) is 12.1 Å². The van der Waals surface area contributed by atoms with Crippen LogP contribution in [0.3, 0.4) is 0 Å². The van der Waals surface area contributed by atoms with Crippen LogP contribution >= 0.6 is 0 Å². The SMILES string of the molecule is COc1ccc(S(=O)(=O)N2CCC[C@@H](C(=O)NCCC(=O)NC3CC3)C2)cc1. The summed E-state index contributed by atoms with van der Waals surface area (Å²) >= 11 is 0. The Morgan fingerprint density at radius 1 is 1.18 bits per heavy atom. The molecule has 154 valence electrons. The first-order valence-corrected chi connectivity index (χ1v) is 11.1. The number of nitrogens with zero attached hydrogens (tertiary/aromatic N) is 1. The quantitative estimate of drug-likeness (QED) is 0.663. The van der Waals surface area contributed by atoms with Gasteiger partial charge in [0, 0.05) is 32.1 Å². The molecule has 1 aliphatic heterocycles. The number of hydrogen-bond acceptors (Lipinski definition) is 5. The average Bonchev–Trinajstić information content (AvgIpc) is 3.52. The fourth-order valence-electron chi connectivity index (χ4n) is 3.24. The van der Waals surface area contributed by atoms with Crippen LogP contribution in [0, 0.1) is 5.92 Å². The van der Waals surface area contributed by atoms with E-state index in [0.717, 1.165) is 12.8 Å². The third-order valence-corrected chi connectivity index (χ3v) is 6.93. The Morgan fingerprint density at radius 3 is 2.54 bits per heavy atom. The van der Waals surface area contributed by atoms with Crippen molar-refractivity contribution in [3.05, 3.63) is 24.3 Å². The predicted octanol–water partition coefficient (Wildman–Crippen LogP) is 0.881. The summed E-state index contributed by atoms with van der Waals surface area (Å²) in [5.74, 6) is -0.0853. The van der Waals surface area contributed by atoms with Crippen molar-refractivity contribution in [2.75, 3.05) is 26.7 Å². The van der Waals surface area contributed by atoms with E-state index < -0.39 is 15.9 Å². The second-order valence-electron chi connectivity index (χ2n) is 7.26. The third kappa shape index (κ3) is 5.23. The molecule has 2 aliphatic rings. The molecule has 0 radical (unpaired) electrons. The van der Waals surface area contributed by atoms with Gasteiger partial charge in [0.05, 0.1) is 17.9 Å². The van der Waals surface area contributed by atoms with E-state index in [1.807, 2.05) is 0 Å². The third-order valence-electron chi connectivity index (χ3n) is 5.05. The number of rotatable bonds is 8. The number of nitrogens with one attached hydrogen (secondary N) is 2. The Bertz CT molecular complexity index is 805. The molecule has 1 atom stereocenters. The maximum Gasteiger partial charge on any atom is 0.243 e. The first kappa shape index (κ1) is 20.6. The molecule has 1 aromatic rings. The second-order valence-corrected chi connectivity index (χ2v) is 9.20. The van der Waals surface area contributed by atoms with E-state index in [1.165, 1.54) is 23.5 Å². The van der Waals surface area contributed by atoms with Gasteiger partial charge in [0.25, 0.3) is 0 Å². The lowest BCUT2D eigenvalue weighted by Gasteiger charge is -2.31. The molecule has 2 amide bonds. The maximum absolute atomic E-state index is 12.9. The van der Waals surface area contributed by atoms with Gasteiger partial charge in [-0.1, -0.05) is 0 Å². The Kier molecular flexibility index (Phi) is 6.56. The molecule has 28 heavy (non-hydrogen) atoms. The molecule has 3 rings (SSSR count). The lowest BCUT2D eigenvalue weighted by atomic mass is 9.99. The minimum atomic E-state index is -3.66. The first-order valence-electron chi connectivity index (χ1n) is 9.61. The van der Waals surface area contributed by atoms with E-state index in [-0.39, 0.29) is 36.2 Å². The number of amides is 2. The first-order chi connectivity index (χ1) is 13.4. The smallest absolute Gasteiger partial charge is 0.243 e. The van der Waals surface area contributed by atoms with Crippen LogP contribution in [0.4, 0.5) is 0 Å². The fourth-order valence-corrected chi connectivity index (χ4v) is 4.77. The van der Waals surface area contributed by atoms with Crippen LogP contribution in [0.15, 0.2) is 29.2 Å². The molecule has 0 bridgehead atoms. The van der Waals surface area contributed by atoms with E-state index in [4.69, 9.17) is 4.74 Å². The zero-order valence-electron chi connectivity index (χ0n) is 16.0. The molecule has 2 fully saturated rings. The zero-order chi connectivity index (χ0) is 20.1. The number of ether oxygens (including phenoxy) is 1. The van der Waals surface area contributed by atoms with Crippen molar-refractivity contribution in [3.8, 4) is 5.75 Å². The van der Waals surface area contributed by atoms with Crippen molar-refractivity contribution in [2.45, 2.75) is 43.0 Å². The summed E-state index contributed by atoms with van der Waals surface area (Å²) in [6, 6.07) is 6.53. The number of methoxy groups -OCH3 is 1. The lowest BCUT2D eigenvalue weighted by molar-refractivity contribution is -0.126. The van der Waals surface area contributed by atoms with E-state index in [9.17, 15) is 18.0 Å². The molecule has 9 heteroatoms. The Morgan fingerprint density at radius 2 is 1.89 bits per heavy atom. The van der Waals surface area contributed by atoms with Crippen molar-refractivity contribution in [1.82, 2.24) is 14.9 Å². The van der Waals surface area contributed by atoms with Gasteiger partial charge in [-0.05, 0) is 49.9 Å². The van der Waals surface area contributed by atoms with Crippen molar-refractivity contribution in [3.63, 3.8) is 0 Å². The van der Waals surface area contributed by atoms with Crippen molar-refractivity contribution < 1.29 is 22.7 Å². The topological polar surface area (TPSA) is 105 Å². The molecule has 1 aliphatic carbocycles. The van der Waals surface area contributed by atoms with Crippen LogP contribution < -0.4 is 15.4 Å². The molecule has 1 saturated carbocycles. The van der Waals surface area contributed by atoms with Crippen LogP contribution in [0.5, 0.6) is 5.75 Å². The Hall–Kier alpha value is -2.13. The van der Waals surface area contributed by atoms with Gasteiger partial charge in [-0.15, -0.1) is 0 Å². The van der Waals surface area contributed by atoms with Crippen molar-refractivity contribution in [1.29, 1.82) is 0 Å². The number of hydrogen-bond donors (Lipinski definition) is 2. The standard InChI is InChI=1S/C19H27N3O5S/c1-27-16-6-8-17(9-7-16)28(25,26)22-12-2-3-14(13-22)19(24)20-11-10-18(23)21-15-4-5-15/h6-9,14-15H,2-5,10-13H2,1H3,(H,20,24)(H,21,23)/t14-/m1/s1. The van der Waals surface area contributed by atoms with E-state index in [0.29, 0.717) is 31.2 Å². The van der Waals surface area contributed by atoms with Crippen molar-refractivity contribution in [2.24, 2.45) is 5.92 Å². The number of carbonyl (C=O) groups is 2. The lowest BCUT2D eigenvalue weighted by Crippen LogP contribution is -2.45. The maximum atomic E-state index is 12.9. The largest absolute Gasteiger partial charge is 0.497 e. The molecule has 0 spiro atoms. The van der Waals surface area contributed by atoms with E-state index >= 15 is 0 Å². The normalized spacial score (nSPS) is 20.4. The number of benzene rings is 1. The summed E-state index contributed by atoms with van der Waals surface area (Å²) in [4.78, 5) is 24.3. The molecule has 2 N–H and O–H groups in total. The van der Waals surface area contributed by atoms with E-state index in [2.05, 4.69) is 10.6 Å². The van der Waals surface area contributed by atoms with Gasteiger partial charge in [-0.3, -0.25) is 9.59 Å². The minimum Gasteiger partial charge on any atom is -0.497 e. The molecule has 1 aromatic carbocycles. The molecule has 0 aromatic heterocycles. The average molecular weight is 410 g/mol. The molecule has 0 unspecified atom stereocenters. The monoisotopic (exact) mass is 409 g/mol. The van der Waals surface area contributed by atoms with Gasteiger partial charge in [-0.2, -0.15) is 4.31 Å². The Labute approximate surface area is 165 Å². The summed E-state index contributed by atoms with van der Waals surface area (Å²) in [5.41, 5.74) is 0. The zero-order valence-corrected chi connectivity index (χ0v) is 16.8. The van der Waals surface area contributed by atoms with Crippen LogP contribution in [-0.4, -0.2) is 57.3 Å². The highest BCUT2D eigenvalue weighted by atomic mass is 32.2. The van der Waals surface area contributed by atoms with Gasteiger partial charge >= 0.3 is 0 Å². The predicted molar refractivity (Wildman–Crippen MR) is 103 cm³/mol. The summed E-state index contributed by atoms with van der Waals surface area (Å²) in [6.07, 6.45) is 3.55. The summed E-state index contributed by atoms with van der Waals surface area (Å²) in [7, 11) is -2.14. The number of sulfonamides is 1. The minimum absolute atomic E-state index is 0.0600. The molecule has 8 nitrogen and oxygen atoms in total. The number of carbonyl (C=O) groups excluding carboxylic acids is 2. The Balaban J connectivity index is 1.53. The van der Waals surface area contributed by atoms with Crippen LogP contribution in [-0.2, 0) is 19.6 Å². The summed E-state index contributed by atoms with van der Waals surface area (Å²) in [5, 5.41) is 5.64. The molecule has 1 heterocycles. The summed E-state index contributed by atoms with van der Waals surface area (Å²) in [6.45, 7) is 0.801. The second kappa shape index (κ2) is 8.91. The highest BCUT2D eigenvalue weighted by molar-refractivity contribution is 7.89. The van der Waals surface area contributed by atoms with Gasteiger partial charge in [0.2, 0.25) is 21.8 Å².